The highest BCUT2D eigenvalue weighted by Gasteiger charge is 2.39. The lowest BCUT2D eigenvalue weighted by atomic mass is 10.1. The molecule has 26 heavy (non-hydrogen) atoms. The minimum absolute atomic E-state index is 0.0127. The number of benzene rings is 2. The molecule has 134 valence electrons. The number of carbonyl (C=O) groups excluding carboxylic acids is 2. The Bertz CT molecular complexity index is 872. The van der Waals surface area contributed by atoms with Gasteiger partial charge in [0.15, 0.2) is 0 Å². The van der Waals surface area contributed by atoms with E-state index in [-0.39, 0.29) is 24.3 Å². The van der Waals surface area contributed by atoms with Gasteiger partial charge in [-0.25, -0.2) is 0 Å². The van der Waals surface area contributed by atoms with Gasteiger partial charge in [-0.1, -0.05) is 42.0 Å². The summed E-state index contributed by atoms with van der Waals surface area (Å²) < 4.78 is 4.81. The second-order valence-corrected chi connectivity index (χ2v) is 6.40. The number of anilines is 2. The number of ether oxygens (including phenoxy) is 1. The van der Waals surface area contributed by atoms with Crippen LogP contribution in [0.2, 0.25) is 0 Å². The third-order valence-electron chi connectivity index (χ3n) is 4.46. The fourth-order valence-corrected chi connectivity index (χ4v) is 3.04. The number of carbonyl (C=O) groups is 2. The average molecular weight is 350 g/mol. The molecule has 0 bridgehead atoms. The summed E-state index contributed by atoms with van der Waals surface area (Å²) in [6, 6.07) is 15.4. The summed E-state index contributed by atoms with van der Waals surface area (Å²) >= 11 is 0. The molecule has 1 aliphatic rings. The van der Waals surface area contributed by atoms with Gasteiger partial charge >= 0.3 is 0 Å². The van der Waals surface area contributed by atoms with Crippen LogP contribution in [-0.4, -0.2) is 25.5 Å². The van der Waals surface area contributed by atoms with Crippen LogP contribution in [0.4, 0.5) is 11.4 Å². The van der Waals surface area contributed by atoms with Crippen LogP contribution in [0.5, 0.6) is 0 Å². The zero-order valence-electron chi connectivity index (χ0n) is 15.1. The molecule has 0 saturated heterocycles. The Morgan fingerprint density at radius 3 is 2.46 bits per heavy atom. The minimum atomic E-state index is -0.236. The van der Waals surface area contributed by atoms with Crippen molar-refractivity contribution in [1.82, 2.24) is 0 Å². The molecule has 2 aromatic carbocycles. The SMILES string of the molecule is COCC(=O)Nc1ccc(C)c(NC(=O)C2C(C)=C2c2ccccc2)c1. The van der Waals surface area contributed by atoms with Crippen LogP contribution in [0, 0.1) is 12.8 Å². The maximum absolute atomic E-state index is 12.7. The van der Waals surface area contributed by atoms with Gasteiger partial charge in [0.2, 0.25) is 11.8 Å². The standard InChI is InChI=1S/C21H22N2O3/c1-13-9-10-16(22-18(24)12-26-3)11-17(13)23-21(25)20-14(2)19(20)15-7-5-4-6-8-15/h4-11,20H,12H2,1-3H3,(H,22,24)(H,23,25). The van der Waals surface area contributed by atoms with Crippen LogP contribution in [0.15, 0.2) is 54.1 Å². The number of hydrogen-bond acceptors (Lipinski definition) is 3. The third-order valence-corrected chi connectivity index (χ3v) is 4.46. The number of nitrogens with one attached hydrogen (secondary N) is 2. The monoisotopic (exact) mass is 350 g/mol. The van der Waals surface area contributed by atoms with Crippen molar-refractivity contribution < 1.29 is 14.3 Å². The Morgan fingerprint density at radius 1 is 1.04 bits per heavy atom. The first kappa shape index (κ1) is 17.9. The molecule has 5 heteroatoms. The molecular formula is C21H22N2O3. The van der Waals surface area contributed by atoms with Crippen LogP contribution >= 0.6 is 0 Å². The van der Waals surface area contributed by atoms with Crippen molar-refractivity contribution in [1.29, 1.82) is 0 Å². The number of aryl methyl sites for hydroxylation is 1. The molecule has 2 amide bonds. The molecule has 1 unspecified atom stereocenters. The van der Waals surface area contributed by atoms with Gasteiger partial charge in [0.05, 0.1) is 5.92 Å². The molecule has 1 atom stereocenters. The maximum Gasteiger partial charge on any atom is 0.250 e. The molecule has 0 heterocycles. The third kappa shape index (κ3) is 3.83. The van der Waals surface area contributed by atoms with E-state index in [0.717, 1.165) is 22.3 Å². The van der Waals surface area contributed by atoms with E-state index in [0.29, 0.717) is 11.4 Å². The van der Waals surface area contributed by atoms with E-state index < -0.39 is 0 Å². The molecule has 0 spiro atoms. The van der Waals surface area contributed by atoms with E-state index in [4.69, 9.17) is 4.74 Å². The van der Waals surface area contributed by atoms with E-state index in [1.54, 1.807) is 12.1 Å². The first-order valence-electron chi connectivity index (χ1n) is 8.47. The zero-order chi connectivity index (χ0) is 18.7. The molecule has 0 fully saturated rings. The average Bonchev–Trinajstić information content (AvgIpc) is 3.30. The first-order chi connectivity index (χ1) is 12.5. The fraction of sp³-hybridized carbons (Fsp3) is 0.238. The summed E-state index contributed by atoms with van der Waals surface area (Å²) in [4.78, 5) is 24.4. The second kappa shape index (κ2) is 7.54. The van der Waals surface area contributed by atoms with Gasteiger partial charge < -0.3 is 15.4 Å². The van der Waals surface area contributed by atoms with Crippen LogP contribution in [-0.2, 0) is 14.3 Å². The highest BCUT2D eigenvalue weighted by molar-refractivity contribution is 6.11. The van der Waals surface area contributed by atoms with E-state index in [1.807, 2.05) is 50.2 Å². The summed E-state index contributed by atoms with van der Waals surface area (Å²) in [6.07, 6.45) is 0. The van der Waals surface area contributed by atoms with Crippen molar-refractivity contribution in [2.45, 2.75) is 13.8 Å². The lowest BCUT2D eigenvalue weighted by Gasteiger charge is -2.12. The predicted octanol–water partition coefficient (Wildman–Crippen LogP) is 3.62. The van der Waals surface area contributed by atoms with Crippen molar-refractivity contribution in [3.63, 3.8) is 0 Å². The molecule has 1 aliphatic carbocycles. The van der Waals surface area contributed by atoms with Gasteiger partial charge in [0.1, 0.15) is 6.61 Å². The van der Waals surface area contributed by atoms with Crippen molar-refractivity contribution in [3.8, 4) is 0 Å². The Hall–Kier alpha value is -2.92. The highest BCUT2D eigenvalue weighted by atomic mass is 16.5. The van der Waals surface area contributed by atoms with Gasteiger partial charge in [-0.15, -0.1) is 0 Å². The Morgan fingerprint density at radius 2 is 1.77 bits per heavy atom. The molecule has 2 N–H and O–H groups in total. The van der Waals surface area contributed by atoms with Crippen LogP contribution in [0.25, 0.3) is 5.57 Å². The fourth-order valence-electron chi connectivity index (χ4n) is 3.04. The summed E-state index contributed by atoms with van der Waals surface area (Å²) in [7, 11) is 1.47. The van der Waals surface area contributed by atoms with Gasteiger partial charge in [-0.3, -0.25) is 9.59 Å². The topological polar surface area (TPSA) is 67.4 Å². The predicted molar refractivity (Wildman–Crippen MR) is 103 cm³/mol. The van der Waals surface area contributed by atoms with Gasteiger partial charge in [0, 0.05) is 18.5 Å². The summed E-state index contributed by atoms with van der Waals surface area (Å²) in [5, 5.41) is 5.73. The highest BCUT2D eigenvalue weighted by Crippen LogP contribution is 2.47. The Balaban J connectivity index is 1.69. The van der Waals surface area contributed by atoms with Gasteiger partial charge in [-0.2, -0.15) is 0 Å². The lowest BCUT2D eigenvalue weighted by molar-refractivity contribution is -0.119. The van der Waals surface area contributed by atoms with Crippen LogP contribution < -0.4 is 10.6 Å². The van der Waals surface area contributed by atoms with Crippen molar-refractivity contribution in [3.05, 3.63) is 65.2 Å². The molecule has 3 rings (SSSR count). The normalized spacial score (nSPS) is 15.6. The Labute approximate surface area is 153 Å². The number of amides is 2. The van der Waals surface area contributed by atoms with Crippen molar-refractivity contribution >= 4 is 28.8 Å². The summed E-state index contributed by atoms with van der Waals surface area (Å²) in [6.45, 7) is 3.89. The second-order valence-electron chi connectivity index (χ2n) is 6.40. The molecular weight excluding hydrogens is 328 g/mol. The quantitative estimate of drug-likeness (QED) is 0.836. The van der Waals surface area contributed by atoms with E-state index in [2.05, 4.69) is 10.6 Å². The maximum atomic E-state index is 12.7. The number of methoxy groups -OCH3 is 1. The van der Waals surface area contributed by atoms with E-state index >= 15 is 0 Å². The summed E-state index contributed by atoms with van der Waals surface area (Å²) in [5.74, 6) is -0.479. The smallest absolute Gasteiger partial charge is 0.250 e. The van der Waals surface area contributed by atoms with Gasteiger partial charge in [-0.05, 0) is 42.7 Å². The zero-order valence-corrected chi connectivity index (χ0v) is 15.1. The summed E-state index contributed by atoms with van der Waals surface area (Å²) in [5.41, 5.74) is 5.51. The molecule has 2 aromatic rings. The van der Waals surface area contributed by atoms with Gasteiger partial charge in [0.25, 0.3) is 0 Å². The molecule has 0 saturated carbocycles. The molecule has 0 aliphatic heterocycles. The number of rotatable bonds is 6. The molecule has 0 radical (unpaired) electrons. The van der Waals surface area contributed by atoms with E-state index in [9.17, 15) is 9.59 Å². The molecule has 5 nitrogen and oxygen atoms in total. The van der Waals surface area contributed by atoms with Crippen LogP contribution in [0.3, 0.4) is 0 Å². The largest absolute Gasteiger partial charge is 0.375 e. The van der Waals surface area contributed by atoms with E-state index in [1.165, 1.54) is 7.11 Å². The van der Waals surface area contributed by atoms with Crippen molar-refractivity contribution in [2.24, 2.45) is 5.92 Å². The number of hydrogen-bond donors (Lipinski definition) is 2. The molecule has 0 aromatic heterocycles. The first-order valence-corrected chi connectivity index (χ1v) is 8.47. The Kier molecular flexibility index (Phi) is 5.19. The lowest BCUT2D eigenvalue weighted by Crippen LogP contribution is -2.19. The van der Waals surface area contributed by atoms with Crippen molar-refractivity contribution in [2.75, 3.05) is 24.4 Å². The van der Waals surface area contributed by atoms with Crippen LogP contribution in [0.1, 0.15) is 18.1 Å². The minimum Gasteiger partial charge on any atom is -0.375 e.